The number of imidazole rings is 1. The largest absolute Gasteiger partial charge is 0.410 e. The standard InChI is InChI=1S/C21H29F3N6O/c1-20(2,3)16-11-17(21(22,23)24)30-18(26-16)10-14(27-30)15-6-4-5-8-29(15)19(31)12-28-9-7-25-13-28/h7,9-10,13,15-17,26H,4-6,8,11-12H2,1-3H3/t15?,16-,17+/m0/s1. The molecule has 3 atom stereocenters. The van der Waals surface area contributed by atoms with E-state index >= 15 is 0 Å². The van der Waals surface area contributed by atoms with Gasteiger partial charge in [-0.3, -0.25) is 4.79 Å². The molecule has 0 aliphatic carbocycles. The number of alkyl halides is 3. The first-order valence-corrected chi connectivity index (χ1v) is 10.7. The summed E-state index contributed by atoms with van der Waals surface area (Å²) in [7, 11) is 0. The van der Waals surface area contributed by atoms with Crippen LogP contribution in [0.15, 0.2) is 24.8 Å². The number of nitrogens with one attached hydrogen (secondary N) is 1. The summed E-state index contributed by atoms with van der Waals surface area (Å²) in [6.07, 6.45) is 2.90. The van der Waals surface area contributed by atoms with E-state index < -0.39 is 12.2 Å². The molecule has 0 bridgehead atoms. The van der Waals surface area contributed by atoms with Crippen LogP contribution in [0.3, 0.4) is 0 Å². The molecule has 2 aliphatic heterocycles. The first kappa shape index (κ1) is 21.7. The molecule has 1 amide bonds. The van der Waals surface area contributed by atoms with Gasteiger partial charge in [0.1, 0.15) is 12.4 Å². The van der Waals surface area contributed by atoms with Crippen molar-refractivity contribution >= 4 is 11.7 Å². The normalized spacial score (nSPS) is 24.6. The lowest BCUT2D eigenvalue weighted by Crippen LogP contribution is -2.45. The molecule has 2 aromatic rings. The van der Waals surface area contributed by atoms with Crippen LogP contribution in [0, 0.1) is 5.41 Å². The maximum Gasteiger partial charge on any atom is 0.410 e. The summed E-state index contributed by atoms with van der Waals surface area (Å²) in [5.74, 6) is 0.289. The second-order valence-electron chi connectivity index (χ2n) is 9.59. The third-order valence-corrected chi connectivity index (χ3v) is 6.30. The number of rotatable bonds is 3. The third kappa shape index (κ3) is 4.43. The lowest BCUT2D eigenvalue weighted by atomic mass is 9.82. The minimum Gasteiger partial charge on any atom is -0.367 e. The second kappa shape index (κ2) is 7.87. The third-order valence-electron chi connectivity index (χ3n) is 6.30. The number of piperidine rings is 1. The Labute approximate surface area is 179 Å². The SMILES string of the molecule is CC(C)(C)[C@@H]1C[C@H](C(F)(F)F)n2nc(C3CCCCN3C(=O)Cn3ccnc3)cc2N1. The molecular weight excluding hydrogens is 409 g/mol. The number of fused-ring (bicyclic) bond motifs is 1. The summed E-state index contributed by atoms with van der Waals surface area (Å²) in [5.41, 5.74) is 0.182. The Morgan fingerprint density at radius 2 is 2.03 bits per heavy atom. The van der Waals surface area contributed by atoms with E-state index in [4.69, 9.17) is 0 Å². The van der Waals surface area contributed by atoms with Crippen molar-refractivity contribution in [2.24, 2.45) is 5.41 Å². The summed E-state index contributed by atoms with van der Waals surface area (Å²) in [6.45, 7) is 6.52. The summed E-state index contributed by atoms with van der Waals surface area (Å²) in [4.78, 5) is 18.7. The van der Waals surface area contributed by atoms with E-state index in [2.05, 4.69) is 15.4 Å². The van der Waals surface area contributed by atoms with E-state index in [9.17, 15) is 18.0 Å². The smallest absolute Gasteiger partial charge is 0.367 e. The maximum absolute atomic E-state index is 13.9. The number of halogens is 3. The van der Waals surface area contributed by atoms with Crippen LogP contribution in [0.1, 0.15) is 64.2 Å². The van der Waals surface area contributed by atoms with Crippen LogP contribution in [0.25, 0.3) is 0 Å². The van der Waals surface area contributed by atoms with E-state index in [-0.39, 0.29) is 36.4 Å². The number of aromatic nitrogens is 4. The fourth-order valence-corrected chi connectivity index (χ4v) is 4.49. The van der Waals surface area contributed by atoms with Gasteiger partial charge in [0.15, 0.2) is 6.04 Å². The van der Waals surface area contributed by atoms with Crippen LogP contribution in [0.2, 0.25) is 0 Å². The predicted molar refractivity (Wildman–Crippen MR) is 109 cm³/mol. The second-order valence-corrected chi connectivity index (χ2v) is 9.59. The van der Waals surface area contributed by atoms with Crippen LogP contribution in [0.4, 0.5) is 19.0 Å². The first-order chi connectivity index (χ1) is 14.5. The van der Waals surface area contributed by atoms with Crippen molar-refractivity contribution < 1.29 is 18.0 Å². The number of hydrogen-bond acceptors (Lipinski definition) is 4. The molecule has 0 spiro atoms. The summed E-state index contributed by atoms with van der Waals surface area (Å²) >= 11 is 0. The lowest BCUT2D eigenvalue weighted by Gasteiger charge is -2.39. The Hall–Kier alpha value is -2.52. The van der Waals surface area contributed by atoms with Gasteiger partial charge in [-0.1, -0.05) is 20.8 Å². The molecular formula is C21H29F3N6O. The zero-order valence-corrected chi connectivity index (χ0v) is 18.1. The molecule has 0 radical (unpaired) electrons. The molecule has 0 aromatic carbocycles. The first-order valence-electron chi connectivity index (χ1n) is 10.7. The number of hydrogen-bond donors (Lipinski definition) is 1. The molecule has 0 saturated carbocycles. The van der Waals surface area contributed by atoms with Gasteiger partial charge in [0, 0.05) is 31.0 Å². The monoisotopic (exact) mass is 438 g/mol. The van der Waals surface area contributed by atoms with Gasteiger partial charge in [-0.15, -0.1) is 0 Å². The molecule has 170 valence electrons. The minimum absolute atomic E-state index is 0.0743. The molecule has 31 heavy (non-hydrogen) atoms. The highest BCUT2D eigenvalue weighted by atomic mass is 19.4. The maximum atomic E-state index is 13.9. The molecule has 1 unspecified atom stereocenters. The number of anilines is 1. The molecule has 4 heterocycles. The molecule has 7 nitrogen and oxygen atoms in total. The van der Waals surface area contributed by atoms with Gasteiger partial charge in [0.05, 0.1) is 18.1 Å². The average Bonchev–Trinajstić information content (AvgIpc) is 3.34. The van der Waals surface area contributed by atoms with Gasteiger partial charge >= 0.3 is 6.18 Å². The van der Waals surface area contributed by atoms with E-state index in [0.29, 0.717) is 24.5 Å². The van der Waals surface area contributed by atoms with E-state index in [1.54, 1.807) is 34.3 Å². The average molecular weight is 438 g/mol. The summed E-state index contributed by atoms with van der Waals surface area (Å²) < 4.78 is 44.4. The van der Waals surface area contributed by atoms with Crippen molar-refractivity contribution in [1.29, 1.82) is 0 Å². The zero-order chi connectivity index (χ0) is 22.4. The van der Waals surface area contributed by atoms with Crippen LogP contribution in [-0.4, -0.2) is 48.9 Å². The quantitative estimate of drug-likeness (QED) is 0.781. The highest BCUT2D eigenvalue weighted by molar-refractivity contribution is 5.76. The lowest BCUT2D eigenvalue weighted by molar-refractivity contribution is -0.175. The molecule has 2 aliphatic rings. The molecule has 2 aromatic heterocycles. The number of nitrogens with zero attached hydrogens (tertiary/aromatic N) is 5. The predicted octanol–water partition coefficient (Wildman–Crippen LogP) is 4.17. The fraction of sp³-hybridized carbons (Fsp3) is 0.667. The Bertz CT molecular complexity index is 915. The Morgan fingerprint density at radius 3 is 2.68 bits per heavy atom. The highest BCUT2D eigenvalue weighted by Gasteiger charge is 2.48. The van der Waals surface area contributed by atoms with Crippen molar-refractivity contribution in [2.45, 2.75) is 77.3 Å². The Balaban J connectivity index is 1.64. The van der Waals surface area contributed by atoms with Crippen LogP contribution >= 0.6 is 0 Å². The Morgan fingerprint density at radius 1 is 1.26 bits per heavy atom. The molecule has 4 rings (SSSR count). The van der Waals surface area contributed by atoms with Gasteiger partial charge in [-0.2, -0.15) is 18.3 Å². The summed E-state index contributed by atoms with van der Waals surface area (Å²) in [5, 5.41) is 7.65. The molecule has 1 fully saturated rings. The minimum atomic E-state index is -4.40. The van der Waals surface area contributed by atoms with Crippen LogP contribution in [0.5, 0.6) is 0 Å². The summed E-state index contributed by atoms with van der Waals surface area (Å²) in [6, 6.07) is -0.641. The number of carbonyl (C=O) groups excluding carboxylic acids is 1. The Kier molecular flexibility index (Phi) is 5.51. The van der Waals surface area contributed by atoms with Gasteiger partial charge < -0.3 is 14.8 Å². The van der Waals surface area contributed by atoms with Crippen molar-refractivity contribution in [3.8, 4) is 0 Å². The van der Waals surface area contributed by atoms with Gasteiger partial charge in [-0.25, -0.2) is 9.67 Å². The topological polar surface area (TPSA) is 68.0 Å². The van der Waals surface area contributed by atoms with E-state index in [0.717, 1.165) is 17.5 Å². The molecule has 1 saturated heterocycles. The van der Waals surface area contributed by atoms with Gasteiger partial charge in [-0.05, 0) is 31.1 Å². The molecule has 10 heteroatoms. The number of likely N-dealkylation sites (tertiary alicyclic amines) is 1. The number of carbonyl (C=O) groups is 1. The highest BCUT2D eigenvalue weighted by Crippen LogP contribution is 2.44. The van der Waals surface area contributed by atoms with E-state index in [1.165, 1.54) is 0 Å². The van der Waals surface area contributed by atoms with Gasteiger partial charge in [0.25, 0.3) is 0 Å². The van der Waals surface area contributed by atoms with Crippen LogP contribution in [-0.2, 0) is 11.3 Å². The van der Waals surface area contributed by atoms with E-state index in [1.807, 2.05) is 20.8 Å². The van der Waals surface area contributed by atoms with Crippen molar-refractivity contribution in [3.63, 3.8) is 0 Å². The fourth-order valence-electron chi connectivity index (χ4n) is 4.49. The zero-order valence-electron chi connectivity index (χ0n) is 18.1. The van der Waals surface area contributed by atoms with Crippen molar-refractivity contribution in [1.82, 2.24) is 24.2 Å². The van der Waals surface area contributed by atoms with Crippen molar-refractivity contribution in [2.75, 3.05) is 11.9 Å². The molecule has 1 N–H and O–H groups in total. The van der Waals surface area contributed by atoms with Crippen molar-refractivity contribution in [3.05, 3.63) is 30.5 Å². The number of amides is 1. The van der Waals surface area contributed by atoms with Gasteiger partial charge in [0.2, 0.25) is 5.91 Å². The van der Waals surface area contributed by atoms with Crippen LogP contribution < -0.4 is 5.32 Å².